The van der Waals surface area contributed by atoms with Crippen molar-refractivity contribution in [3.05, 3.63) is 29.8 Å². The lowest BCUT2D eigenvalue weighted by Crippen LogP contribution is -2.11. The van der Waals surface area contributed by atoms with Crippen LogP contribution in [0.25, 0.3) is 0 Å². The minimum atomic E-state index is -3.59. The third-order valence-corrected chi connectivity index (χ3v) is 3.19. The summed E-state index contributed by atoms with van der Waals surface area (Å²) in [6.45, 7) is 0. The first kappa shape index (κ1) is 11.8. The summed E-state index contributed by atoms with van der Waals surface area (Å²) in [5, 5.41) is 7.73. The molecule has 1 rings (SSSR count). The van der Waals surface area contributed by atoms with Crippen LogP contribution in [0, 0.1) is 11.2 Å². The second-order valence-corrected chi connectivity index (χ2v) is 5.61. The van der Waals surface area contributed by atoms with Crippen LogP contribution in [0.2, 0.25) is 0 Å². The molecule has 6 heteroatoms. The summed E-state index contributed by atoms with van der Waals surface area (Å²) < 4.78 is 21.8. The summed E-state index contributed by atoms with van der Waals surface area (Å²) in [5.74, 6) is 2.84. The molecule has 0 heterocycles. The van der Waals surface area contributed by atoms with Gasteiger partial charge in [-0.1, -0.05) is 5.92 Å². The maximum atomic E-state index is 10.9. The zero-order valence-corrected chi connectivity index (χ0v) is 10.7. The minimum absolute atomic E-state index is 0.102. The summed E-state index contributed by atoms with van der Waals surface area (Å²) in [4.78, 5) is 0.102. The predicted molar refractivity (Wildman–Crippen MR) is 66.3 cm³/mol. The molecule has 0 radical (unpaired) electrons. The maximum Gasteiger partial charge on any atom is 0.238 e. The van der Waals surface area contributed by atoms with Crippen molar-refractivity contribution >= 4 is 40.2 Å². The lowest BCUT2D eigenvalue weighted by molar-refractivity contribution is 0.598. The summed E-state index contributed by atoms with van der Waals surface area (Å²) in [7, 11) is -2.22. The smallest absolute Gasteiger partial charge is 0.225 e. The topological polar surface area (TPSA) is 60.2 Å². The Bertz CT molecular complexity index is 470. The molecule has 0 spiro atoms. The largest absolute Gasteiger partial charge is 0.238 e. The number of sulfonamides is 1. The maximum absolute atomic E-state index is 10.9. The quantitative estimate of drug-likeness (QED) is 0.626. The average molecular weight is 339 g/mol. The van der Waals surface area contributed by atoms with Crippen LogP contribution in [-0.2, 0) is 10.0 Å². The third kappa shape index (κ3) is 3.49. The molecule has 0 saturated heterocycles. The number of rotatable bonds is 1. The lowest BCUT2D eigenvalue weighted by Gasteiger charge is -1.96. The van der Waals surface area contributed by atoms with Crippen LogP contribution in [0.1, 0.15) is 5.56 Å². The number of primary sulfonamides is 1. The van der Waals surface area contributed by atoms with Gasteiger partial charge >= 0.3 is 0 Å². The van der Waals surface area contributed by atoms with Gasteiger partial charge in [0.05, 0.1) is 4.90 Å². The third-order valence-electron chi connectivity index (χ3n) is 1.42. The molecule has 0 fully saturated rings. The van der Waals surface area contributed by atoms with Crippen LogP contribution in [-0.4, -0.2) is 8.42 Å². The van der Waals surface area contributed by atoms with Gasteiger partial charge in [-0.15, -0.1) is 0 Å². The molecule has 14 heavy (non-hydrogen) atoms. The molecule has 0 amide bonds. The van der Waals surface area contributed by atoms with Crippen LogP contribution in [0.4, 0.5) is 0 Å². The molecular formula is C8H6INO2S2. The highest BCUT2D eigenvalue weighted by Gasteiger charge is 2.05. The van der Waals surface area contributed by atoms with E-state index in [2.05, 4.69) is 32.4 Å². The Morgan fingerprint density at radius 3 is 2.29 bits per heavy atom. The van der Waals surface area contributed by atoms with E-state index in [4.69, 9.17) is 5.14 Å². The monoisotopic (exact) mass is 339 g/mol. The zero-order chi connectivity index (χ0) is 10.6. The van der Waals surface area contributed by atoms with Crippen molar-refractivity contribution in [3.63, 3.8) is 0 Å². The van der Waals surface area contributed by atoms with Crippen molar-refractivity contribution in [1.29, 1.82) is 0 Å². The molecule has 0 aliphatic carbocycles. The minimum Gasteiger partial charge on any atom is -0.225 e. The van der Waals surface area contributed by atoms with E-state index in [9.17, 15) is 8.42 Å². The second kappa shape index (κ2) is 5.02. The van der Waals surface area contributed by atoms with Gasteiger partial charge in [-0.05, 0) is 38.5 Å². The Morgan fingerprint density at radius 1 is 1.29 bits per heavy atom. The van der Waals surface area contributed by atoms with Crippen LogP contribution >= 0.6 is 30.1 Å². The van der Waals surface area contributed by atoms with E-state index >= 15 is 0 Å². The van der Waals surface area contributed by atoms with Crippen LogP contribution < -0.4 is 5.14 Å². The van der Waals surface area contributed by atoms with Gasteiger partial charge in [-0.3, -0.25) is 0 Å². The fourth-order valence-corrected chi connectivity index (χ4v) is 1.81. The van der Waals surface area contributed by atoms with E-state index < -0.39 is 10.0 Å². The summed E-state index contributed by atoms with van der Waals surface area (Å²) in [6.07, 6.45) is 0. The Balaban J connectivity index is 3.01. The Morgan fingerprint density at radius 2 is 1.86 bits per heavy atom. The molecule has 1 aromatic carbocycles. The molecular weight excluding hydrogens is 333 g/mol. The molecule has 0 unspecified atom stereocenters. The highest BCUT2D eigenvalue weighted by atomic mass is 127. The number of halogens is 1. The van der Waals surface area contributed by atoms with E-state index in [0.29, 0.717) is 0 Å². The van der Waals surface area contributed by atoms with E-state index in [1.165, 1.54) is 21.1 Å². The molecule has 0 aromatic heterocycles. The number of nitrogens with two attached hydrogens (primary N) is 1. The molecule has 0 aliphatic heterocycles. The molecule has 0 saturated carbocycles. The molecule has 1 aromatic rings. The van der Waals surface area contributed by atoms with Gasteiger partial charge in [-0.25, -0.2) is 13.6 Å². The van der Waals surface area contributed by atoms with Crippen molar-refractivity contribution in [3.8, 4) is 11.2 Å². The van der Waals surface area contributed by atoms with Gasteiger partial charge < -0.3 is 0 Å². The van der Waals surface area contributed by atoms with Crippen molar-refractivity contribution < 1.29 is 8.42 Å². The van der Waals surface area contributed by atoms with E-state index in [1.807, 2.05) is 0 Å². The zero-order valence-electron chi connectivity index (χ0n) is 6.90. The lowest BCUT2D eigenvalue weighted by atomic mass is 10.2. The Kier molecular flexibility index (Phi) is 4.25. The van der Waals surface area contributed by atoms with Crippen LogP contribution in [0.3, 0.4) is 0 Å². The molecule has 0 atom stereocenters. The molecule has 0 aliphatic rings. The Labute approximate surface area is 99.1 Å². The van der Waals surface area contributed by atoms with Gasteiger partial charge in [0.25, 0.3) is 0 Å². The van der Waals surface area contributed by atoms with Gasteiger partial charge in [0, 0.05) is 26.8 Å². The summed E-state index contributed by atoms with van der Waals surface area (Å²) in [5.41, 5.74) is 0.765. The van der Waals surface area contributed by atoms with Crippen LogP contribution in [0.5, 0.6) is 0 Å². The first-order chi connectivity index (χ1) is 6.54. The fraction of sp³-hybridized carbons (Fsp3) is 0. The van der Waals surface area contributed by atoms with Gasteiger partial charge in [0.1, 0.15) is 0 Å². The highest BCUT2D eigenvalue weighted by molar-refractivity contribution is 14.2. The fourth-order valence-electron chi connectivity index (χ4n) is 0.806. The molecule has 74 valence electrons. The Hall–Kier alpha value is -0.230. The molecule has 0 bridgehead atoms. The number of hydrogen-bond acceptors (Lipinski definition) is 3. The first-order valence-electron chi connectivity index (χ1n) is 3.45. The van der Waals surface area contributed by atoms with E-state index in [-0.39, 0.29) is 4.90 Å². The SMILES string of the molecule is NS(=O)(=O)c1ccc(C#CSI)cc1. The average Bonchev–Trinajstić information content (AvgIpc) is 2.14. The van der Waals surface area contributed by atoms with Gasteiger partial charge in [0.2, 0.25) is 10.0 Å². The summed E-state index contributed by atoms with van der Waals surface area (Å²) >= 11 is 2.06. The summed E-state index contributed by atoms with van der Waals surface area (Å²) in [6, 6.07) is 6.13. The van der Waals surface area contributed by atoms with Crippen molar-refractivity contribution in [1.82, 2.24) is 0 Å². The van der Waals surface area contributed by atoms with Gasteiger partial charge in [0.15, 0.2) is 0 Å². The predicted octanol–water partition coefficient (Wildman–Crippen LogP) is 1.73. The number of hydrogen-bond donors (Lipinski definition) is 1. The molecule has 2 N–H and O–H groups in total. The van der Waals surface area contributed by atoms with Crippen molar-refractivity contribution in [2.45, 2.75) is 4.90 Å². The van der Waals surface area contributed by atoms with E-state index in [0.717, 1.165) is 5.56 Å². The normalized spacial score (nSPS) is 10.4. The van der Waals surface area contributed by atoms with Crippen molar-refractivity contribution in [2.75, 3.05) is 0 Å². The molecule has 3 nitrogen and oxygen atoms in total. The standard InChI is InChI=1S/C8H6INO2S2/c9-13-6-5-7-1-3-8(4-2-7)14(10,11)12/h1-4H,(H2,10,11,12). The van der Waals surface area contributed by atoms with Crippen LogP contribution in [0.15, 0.2) is 29.2 Å². The first-order valence-corrected chi connectivity index (χ1v) is 8.36. The second-order valence-electron chi connectivity index (χ2n) is 2.37. The van der Waals surface area contributed by atoms with Crippen molar-refractivity contribution in [2.24, 2.45) is 5.14 Å². The van der Waals surface area contributed by atoms with E-state index in [1.54, 1.807) is 12.1 Å². The van der Waals surface area contributed by atoms with Gasteiger partial charge in [-0.2, -0.15) is 0 Å². The highest BCUT2D eigenvalue weighted by Crippen LogP contribution is 2.10. The number of benzene rings is 1.